The van der Waals surface area contributed by atoms with Crippen LogP contribution in [0.5, 0.6) is 0 Å². The van der Waals surface area contributed by atoms with Crippen molar-refractivity contribution in [3.8, 4) is 0 Å². The van der Waals surface area contributed by atoms with E-state index < -0.39 is 0 Å². The van der Waals surface area contributed by atoms with Gasteiger partial charge in [0.15, 0.2) is 0 Å². The summed E-state index contributed by atoms with van der Waals surface area (Å²) in [4.78, 5) is 0. The molecule has 0 radical (unpaired) electrons. The third kappa shape index (κ3) is 3.60. The van der Waals surface area contributed by atoms with Crippen molar-refractivity contribution in [3.05, 3.63) is 34.4 Å². The SMILES string of the molecule is CCc1cc(CC)c(C(O)C(CC)CC)c(CC)c1. The lowest BCUT2D eigenvalue weighted by Crippen LogP contribution is -2.15. The van der Waals surface area contributed by atoms with Crippen LogP contribution in [0.3, 0.4) is 0 Å². The van der Waals surface area contributed by atoms with Crippen LogP contribution in [-0.2, 0) is 19.3 Å². The van der Waals surface area contributed by atoms with Gasteiger partial charge in [-0.3, -0.25) is 0 Å². The van der Waals surface area contributed by atoms with E-state index in [1.807, 2.05) is 0 Å². The summed E-state index contributed by atoms with van der Waals surface area (Å²) in [7, 11) is 0. The first kappa shape index (κ1) is 16.2. The summed E-state index contributed by atoms with van der Waals surface area (Å²) in [5.74, 6) is 0.378. The molecule has 19 heavy (non-hydrogen) atoms. The Hall–Kier alpha value is -0.820. The Kier molecular flexibility index (Phi) is 6.57. The molecule has 1 unspecified atom stereocenters. The molecule has 1 rings (SSSR count). The number of hydrogen-bond donors (Lipinski definition) is 1. The first-order valence-electron chi connectivity index (χ1n) is 7.95. The number of hydrogen-bond acceptors (Lipinski definition) is 1. The number of aliphatic hydroxyl groups excluding tert-OH is 1. The van der Waals surface area contributed by atoms with E-state index in [2.05, 4.69) is 46.8 Å². The average Bonchev–Trinajstić information content (AvgIpc) is 2.46. The van der Waals surface area contributed by atoms with Crippen LogP contribution in [0.15, 0.2) is 12.1 Å². The monoisotopic (exact) mass is 262 g/mol. The highest BCUT2D eigenvalue weighted by Gasteiger charge is 2.22. The Balaban J connectivity index is 3.30. The molecule has 1 atom stereocenters. The fraction of sp³-hybridized carbons (Fsp3) is 0.667. The predicted octanol–water partition coefficient (Wildman–Crippen LogP) is 4.84. The zero-order valence-electron chi connectivity index (χ0n) is 13.3. The quantitative estimate of drug-likeness (QED) is 0.745. The van der Waals surface area contributed by atoms with Gasteiger partial charge in [-0.1, -0.05) is 59.6 Å². The van der Waals surface area contributed by atoms with Crippen molar-refractivity contribution in [1.29, 1.82) is 0 Å². The highest BCUT2D eigenvalue weighted by atomic mass is 16.3. The van der Waals surface area contributed by atoms with E-state index in [4.69, 9.17) is 0 Å². The van der Waals surface area contributed by atoms with Crippen LogP contribution in [0.2, 0.25) is 0 Å². The maximum absolute atomic E-state index is 10.8. The highest BCUT2D eigenvalue weighted by molar-refractivity contribution is 5.41. The van der Waals surface area contributed by atoms with Crippen molar-refractivity contribution in [2.24, 2.45) is 5.92 Å². The van der Waals surface area contributed by atoms with Gasteiger partial charge in [0, 0.05) is 0 Å². The summed E-state index contributed by atoms with van der Waals surface area (Å²) < 4.78 is 0. The van der Waals surface area contributed by atoms with Crippen LogP contribution in [0, 0.1) is 5.92 Å². The Morgan fingerprint density at radius 1 is 0.842 bits per heavy atom. The van der Waals surface area contributed by atoms with E-state index in [1.165, 1.54) is 22.3 Å². The minimum Gasteiger partial charge on any atom is -0.388 e. The van der Waals surface area contributed by atoms with Crippen molar-refractivity contribution < 1.29 is 5.11 Å². The van der Waals surface area contributed by atoms with Crippen LogP contribution in [-0.4, -0.2) is 5.11 Å². The largest absolute Gasteiger partial charge is 0.388 e. The van der Waals surface area contributed by atoms with E-state index >= 15 is 0 Å². The van der Waals surface area contributed by atoms with Gasteiger partial charge in [-0.25, -0.2) is 0 Å². The summed E-state index contributed by atoms with van der Waals surface area (Å²) >= 11 is 0. The molecule has 0 aliphatic carbocycles. The molecule has 0 aliphatic heterocycles. The molecule has 1 aromatic carbocycles. The second-order valence-electron chi connectivity index (χ2n) is 5.41. The molecule has 0 saturated carbocycles. The predicted molar refractivity (Wildman–Crippen MR) is 83.6 cm³/mol. The maximum Gasteiger partial charge on any atom is 0.0823 e. The Labute approximate surface area is 119 Å². The van der Waals surface area contributed by atoms with Crippen LogP contribution >= 0.6 is 0 Å². The first-order valence-corrected chi connectivity index (χ1v) is 7.95. The molecule has 1 aromatic rings. The van der Waals surface area contributed by atoms with E-state index in [0.717, 1.165) is 32.1 Å². The van der Waals surface area contributed by atoms with Gasteiger partial charge >= 0.3 is 0 Å². The second kappa shape index (κ2) is 7.69. The first-order chi connectivity index (χ1) is 9.12. The van der Waals surface area contributed by atoms with Gasteiger partial charge in [0.05, 0.1) is 6.10 Å². The van der Waals surface area contributed by atoms with Gasteiger partial charge in [-0.15, -0.1) is 0 Å². The smallest absolute Gasteiger partial charge is 0.0823 e. The van der Waals surface area contributed by atoms with Crippen molar-refractivity contribution in [1.82, 2.24) is 0 Å². The minimum atomic E-state index is -0.300. The van der Waals surface area contributed by atoms with Gasteiger partial charge < -0.3 is 5.11 Å². The standard InChI is InChI=1S/C18H30O/c1-6-13-11-15(9-4)17(16(10-5)12-13)18(19)14(7-2)8-3/h11-12,14,18-19H,6-10H2,1-5H3. The fourth-order valence-electron chi connectivity index (χ4n) is 2.99. The number of rotatable bonds is 7. The lowest BCUT2D eigenvalue weighted by molar-refractivity contribution is 0.102. The van der Waals surface area contributed by atoms with Gasteiger partial charge in [-0.2, -0.15) is 0 Å². The zero-order chi connectivity index (χ0) is 14.4. The van der Waals surface area contributed by atoms with Crippen molar-refractivity contribution in [2.75, 3.05) is 0 Å². The fourth-order valence-corrected chi connectivity index (χ4v) is 2.99. The molecule has 1 nitrogen and oxygen atoms in total. The molecule has 108 valence electrons. The lowest BCUT2D eigenvalue weighted by atomic mass is 9.83. The number of aliphatic hydroxyl groups is 1. The lowest BCUT2D eigenvalue weighted by Gasteiger charge is -2.26. The Morgan fingerprint density at radius 2 is 1.32 bits per heavy atom. The van der Waals surface area contributed by atoms with E-state index in [-0.39, 0.29) is 6.10 Å². The second-order valence-corrected chi connectivity index (χ2v) is 5.41. The van der Waals surface area contributed by atoms with Crippen LogP contribution in [0.4, 0.5) is 0 Å². The topological polar surface area (TPSA) is 20.2 Å². The van der Waals surface area contributed by atoms with Gasteiger partial charge in [-0.05, 0) is 47.4 Å². The van der Waals surface area contributed by atoms with Gasteiger partial charge in [0.1, 0.15) is 0 Å². The average molecular weight is 262 g/mol. The number of benzene rings is 1. The molecule has 0 aromatic heterocycles. The van der Waals surface area contributed by atoms with Gasteiger partial charge in [0.2, 0.25) is 0 Å². The molecule has 0 bridgehead atoms. The Bertz CT molecular complexity index is 366. The van der Waals surface area contributed by atoms with Gasteiger partial charge in [0.25, 0.3) is 0 Å². The summed E-state index contributed by atoms with van der Waals surface area (Å²) in [5, 5.41) is 10.8. The van der Waals surface area contributed by atoms with Crippen LogP contribution in [0.1, 0.15) is 75.8 Å². The number of aryl methyl sites for hydroxylation is 3. The molecule has 0 amide bonds. The molecule has 0 saturated heterocycles. The molecule has 1 heteroatoms. The third-order valence-corrected chi connectivity index (χ3v) is 4.37. The summed E-state index contributed by atoms with van der Waals surface area (Å²) in [6.07, 6.45) is 4.87. The highest BCUT2D eigenvalue weighted by Crippen LogP contribution is 2.33. The molecular formula is C18H30O. The minimum absolute atomic E-state index is 0.300. The molecule has 0 spiro atoms. The van der Waals surface area contributed by atoms with E-state index in [1.54, 1.807) is 0 Å². The zero-order valence-corrected chi connectivity index (χ0v) is 13.3. The molecule has 0 heterocycles. The summed E-state index contributed by atoms with van der Waals surface area (Å²) in [6, 6.07) is 4.58. The van der Waals surface area contributed by atoms with Crippen LogP contribution in [0.25, 0.3) is 0 Å². The van der Waals surface area contributed by atoms with E-state index in [0.29, 0.717) is 5.92 Å². The van der Waals surface area contributed by atoms with E-state index in [9.17, 15) is 5.11 Å². The summed E-state index contributed by atoms with van der Waals surface area (Å²) in [5.41, 5.74) is 5.30. The molecule has 0 fully saturated rings. The molecular weight excluding hydrogens is 232 g/mol. The molecule has 1 N–H and O–H groups in total. The normalized spacial score (nSPS) is 13.0. The van der Waals surface area contributed by atoms with Crippen molar-refractivity contribution in [2.45, 2.75) is 72.8 Å². The molecule has 0 aliphatic rings. The van der Waals surface area contributed by atoms with Crippen molar-refractivity contribution >= 4 is 0 Å². The maximum atomic E-state index is 10.8. The van der Waals surface area contributed by atoms with Crippen molar-refractivity contribution in [3.63, 3.8) is 0 Å². The third-order valence-electron chi connectivity index (χ3n) is 4.37. The van der Waals surface area contributed by atoms with Crippen LogP contribution < -0.4 is 0 Å². The Morgan fingerprint density at radius 3 is 1.63 bits per heavy atom. The summed E-state index contributed by atoms with van der Waals surface area (Å²) in [6.45, 7) is 10.9.